The summed E-state index contributed by atoms with van der Waals surface area (Å²) >= 11 is 34.4. The zero-order chi connectivity index (χ0) is 60.3. The molecule has 0 bridgehead atoms. The van der Waals surface area contributed by atoms with Gasteiger partial charge >= 0.3 is 14.6 Å². The average molecular weight is 1450 g/mol. The molecule has 0 unspecified atom stereocenters. The molecule has 2 aliphatic rings. The minimum atomic E-state index is -4.34. The standard InChI is InChI=1S/C23H20Cl2F2N4O7S.C22H18Cl2F2N4O7S.BBr3/c1-3-17(32)23(6-7-23)30-39(35,36)16-10-12(4-5-15(16)37-2)38-19-13(24)8-11(9-14(19)25)31-22(34)28-21(33)18(29-31)20(26)27;1-2-16(32)22(5-6-22)29-38(35,36)15-9-11(3-4-14(15)31)37-18-12(23)7-10(8-13(18)24)30-21(34)27-20(33)17(28-30)19(25)26;2-1(3)4/h4-5,8-10,20,30H,3,6-7H2,1-2H3,(H,28,33,34);3-4,7-9,19,29,31H,2,5-6H2,1H3,(H,27,33,34);. The first-order valence-corrected chi connectivity index (χ1v) is 30.0. The van der Waals surface area contributed by atoms with Crippen LogP contribution in [-0.4, -0.2) is 84.4 Å². The van der Waals surface area contributed by atoms with Crippen molar-refractivity contribution in [3.63, 3.8) is 0 Å². The highest BCUT2D eigenvalue weighted by Gasteiger charge is 2.52. The lowest BCUT2D eigenvalue weighted by molar-refractivity contribution is -0.122. The summed E-state index contributed by atoms with van der Waals surface area (Å²) in [5.41, 5.74) is -10.0. The number of aromatic amines is 2. The van der Waals surface area contributed by atoms with Gasteiger partial charge in [-0.1, -0.05) is 60.3 Å². The smallest absolute Gasteiger partial charge is 0.369 e. The van der Waals surface area contributed by atoms with Crippen LogP contribution in [0, 0.1) is 0 Å². The number of phenols is 1. The number of phenolic OH excluding ortho intramolecular Hbond substituents is 1. The fourth-order valence-electron chi connectivity index (χ4n) is 7.36. The van der Waals surface area contributed by atoms with Crippen LogP contribution in [0.1, 0.15) is 76.6 Å². The van der Waals surface area contributed by atoms with Crippen molar-refractivity contribution in [2.45, 2.75) is 86.1 Å². The number of sulfonamides is 2. The van der Waals surface area contributed by atoms with Crippen LogP contribution in [0.5, 0.6) is 34.5 Å². The van der Waals surface area contributed by atoms with Crippen molar-refractivity contribution in [1.29, 1.82) is 0 Å². The molecule has 5 N–H and O–H groups in total. The highest BCUT2D eigenvalue weighted by atomic mass is 79.9. The lowest BCUT2D eigenvalue weighted by Crippen LogP contribution is -2.42. The van der Waals surface area contributed by atoms with E-state index in [1.807, 2.05) is 0 Å². The Morgan fingerprint density at radius 2 is 1.01 bits per heavy atom. The summed E-state index contributed by atoms with van der Waals surface area (Å²) in [7, 11) is -7.30. The van der Waals surface area contributed by atoms with Gasteiger partial charge in [-0.25, -0.2) is 44.0 Å². The maximum absolute atomic E-state index is 13.2. The van der Waals surface area contributed by atoms with E-state index in [2.05, 4.69) is 66.9 Å². The normalized spacial score (nSPS) is 14.0. The number of aromatic nitrogens is 6. The second-order valence-electron chi connectivity index (χ2n) is 17.0. The maximum atomic E-state index is 13.2. The van der Waals surface area contributed by atoms with E-state index < -0.39 is 88.5 Å². The fourth-order valence-corrected chi connectivity index (χ4v) is 11.7. The topological polar surface area (TPSA) is 310 Å². The van der Waals surface area contributed by atoms with E-state index >= 15 is 0 Å². The number of benzene rings is 4. The molecule has 2 aromatic heterocycles. The summed E-state index contributed by atoms with van der Waals surface area (Å²) in [5, 5.41) is 16.1. The van der Waals surface area contributed by atoms with E-state index in [-0.39, 0.29) is 92.7 Å². The predicted molar refractivity (Wildman–Crippen MR) is 300 cm³/mol. The monoisotopic (exact) mass is 1440 g/mol. The minimum absolute atomic E-state index is 0.0134. The van der Waals surface area contributed by atoms with Crippen LogP contribution in [0.2, 0.25) is 20.1 Å². The third kappa shape index (κ3) is 15.4. The van der Waals surface area contributed by atoms with Gasteiger partial charge in [-0.3, -0.25) is 29.1 Å². The Morgan fingerprint density at radius 1 is 0.667 bits per heavy atom. The van der Waals surface area contributed by atoms with Gasteiger partial charge in [-0.15, -0.1) is 47.3 Å². The Labute approximate surface area is 499 Å². The van der Waals surface area contributed by atoms with Crippen molar-refractivity contribution in [1.82, 2.24) is 39.0 Å². The molecule has 8 rings (SSSR count). The Bertz CT molecular complexity index is 3890. The maximum Gasteiger partial charge on any atom is 0.369 e. The molecule has 0 radical (unpaired) electrons. The van der Waals surface area contributed by atoms with Crippen molar-refractivity contribution in [3.8, 4) is 45.9 Å². The Morgan fingerprint density at radius 3 is 1.35 bits per heavy atom. The summed E-state index contributed by atoms with van der Waals surface area (Å²) in [5.74, 6) is -1.63. The van der Waals surface area contributed by atoms with Crippen LogP contribution in [0.4, 0.5) is 17.6 Å². The number of ketones is 2. The molecule has 0 amide bonds. The average Bonchev–Trinajstić information content (AvgIpc) is 4.54. The third-order valence-corrected chi connectivity index (χ3v) is 15.8. The van der Waals surface area contributed by atoms with Gasteiger partial charge in [0.1, 0.15) is 32.8 Å². The van der Waals surface area contributed by atoms with Crippen LogP contribution < -0.4 is 46.2 Å². The van der Waals surface area contributed by atoms with Crippen LogP contribution >= 0.6 is 93.7 Å². The van der Waals surface area contributed by atoms with Crippen LogP contribution in [-0.2, 0) is 29.6 Å². The molecule has 4 aromatic carbocycles. The summed E-state index contributed by atoms with van der Waals surface area (Å²) in [6.07, 6.45) is -4.79. The SMILES string of the molecule is BrB(Br)Br.CCC(=O)C1(NS(=O)(=O)c2cc(Oc3c(Cl)cc(-n4nc(C(F)F)c(=O)[nH]c4=O)cc3Cl)ccc2O)CC1.CCC(=O)C1(NS(=O)(=O)c2cc(Oc3c(Cl)cc(-n4nc(C(F)F)c(=O)[nH]c4=O)cc3Cl)ccc2OC)CC1. The van der Waals surface area contributed by atoms with Crippen LogP contribution in [0.15, 0.2) is 89.6 Å². The van der Waals surface area contributed by atoms with Gasteiger partial charge < -0.3 is 19.3 Å². The van der Waals surface area contributed by atoms with Crippen LogP contribution in [0.3, 0.4) is 0 Å². The minimum Gasteiger partial charge on any atom is -0.507 e. The van der Waals surface area contributed by atoms with Crippen molar-refractivity contribution >= 4 is 128 Å². The number of aromatic hydroxyl groups is 1. The van der Waals surface area contributed by atoms with Gasteiger partial charge in [0.2, 0.25) is 20.0 Å². The molecule has 81 heavy (non-hydrogen) atoms. The third-order valence-electron chi connectivity index (χ3n) is 11.5. The molecule has 36 heteroatoms. The Hall–Kier alpha value is -5.16. The molecule has 0 atom stereocenters. The number of carbonyl (C=O) groups excluding carboxylic acids is 2. The Balaban J connectivity index is 0.000000245. The van der Waals surface area contributed by atoms with Gasteiger partial charge in [0, 0.05) is 25.0 Å². The predicted octanol–water partition coefficient (Wildman–Crippen LogP) is 9.37. The van der Waals surface area contributed by atoms with Crippen LogP contribution in [0.25, 0.3) is 11.4 Å². The number of hydrogen-bond donors (Lipinski definition) is 5. The number of nitrogens with zero attached hydrogens (tertiary/aromatic N) is 4. The molecule has 0 saturated heterocycles. The van der Waals surface area contributed by atoms with Gasteiger partial charge in [0.05, 0.1) is 49.7 Å². The van der Waals surface area contributed by atoms with Gasteiger partial charge in [0.15, 0.2) is 34.5 Å². The van der Waals surface area contributed by atoms with Crippen molar-refractivity contribution in [2.75, 3.05) is 7.11 Å². The highest BCUT2D eigenvalue weighted by Crippen LogP contribution is 2.44. The number of carbonyl (C=O) groups is 2. The van der Waals surface area contributed by atoms with E-state index in [0.29, 0.717) is 35.0 Å². The largest absolute Gasteiger partial charge is 0.507 e. The first-order valence-electron chi connectivity index (χ1n) is 22.8. The number of Topliss-reactive ketones (excluding diaryl/α,β-unsaturated/α-hetero) is 2. The van der Waals surface area contributed by atoms with E-state index in [1.54, 1.807) is 23.8 Å². The first kappa shape index (κ1) is 65.0. The molecule has 434 valence electrons. The number of hydrogen-bond acceptors (Lipinski definition) is 16. The first-order chi connectivity index (χ1) is 37.8. The second-order valence-corrected chi connectivity index (χ2v) is 28.4. The quantitative estimate of drug-likeness (QED) is 0.0372. The molecular formula is C45H38BBr3Cl4F4N8O14S2. The van der Waals surface area contributed by atoms with E-state index in [0.717, 1.165) is 42.5 Å². The summed E-state index contributed by atoms with van der Waals surface area (Å²) in [6, 6.07) is 11.6. The Kier molecular flexibility index (Phi) is 21.0. The van der Waals surface area contributed by atoms with E-state index in [9.17, 15) is 68.3 Å². The molecule has 2 fully saturated rings. The summed E-state index contributed by atoms with van der Waals surface area (Å²) < 4.78 is 127. The van der Waals surface area contributed by atoms with Gasteiger partial charge in [-0.05, 0) is 74.2 Å². The van der Waals surface area contributed by atoms with Crippen molar-refractivity contribution in [2.24, 2.45) is 0 Å². The molecule has 22 nitrogen and oxygen atoms in total. The van der Waals surface area contributed by atoms with Crippen molar-refractivity contribution < 1.29 is 63.3 Å². The number of H-pyrrole nitrogens is 2. The zero-order valence-electron chi connectivity index (χ0n) is 41.3. The number of methoxy groups -OCH3 is 1. The number of ether oxygens (including phenoxy) is 3. The molecule has 2 aliphatic carbocycles. The molecular weight excluding hydrogens is 1410 g/mol. The zero-order valence-corrected chi connectivity index (χ0v) is 50.7. The number of alkyl halides is 4. The number of rotatable bonds is 19. The number of nitrogens with one attached hydrogen (secondary N) is 4. The molecule has 2 saturated carbocycles. The van der Waals surface area contributed by atoms with Gasteiger partial charge in [-0.2, -0.15) is 29.0 Å². The molecule has 2 heterocycles. The van der Waals surface area contributed by atoms with E-state index in [4.69, 9.17) is 60.6 Å². The summed E-state index contributed by atoms with van der Waals surface area (Å²) in [6.45, 7) is 3.26. The number of halogens is 11. The lowest BCUT2D eigenvalue weighted by atomic mass is 10.1. The lowest BCUT2D eigenvalue weighted by Gasteiger charge is -2.18. The fraction of sp³-hybridized carbons (Fsp3) is 0.289. The molecule has 0 spiro atoms. The molecule has 6 aromatic rings. The summed E-state index contributed by atoms with van der Waals surface area (Å²) in [4.78, 5) is 74.4. The van der Waals surface area contributed by atoms with Crippen molar-refractivity contribution in [3.05, 3.63) is 134 Å². The molecule has 0 aliphatic heterocycles. The van der Waals surface area contributed by atoms with E-state index in [1.165, 1.54) is 25.3 Å². The second kappa shape index (κ2) is 26.2. The highest BCUT2D eigenvalue weighted by molar-refractivity contribution is 9.69. The van der Waals surface area contributed by atoms with Gasteiger partial charge in [0.25, 0.3) is 24.0 Å².